The highest BCUT2D eigenvalue weighted by Crippen LogP contribution is 2.32. The summed E-state index contributed by atoms with van der Waals surface area (Å²) in [7, 11) is 0. The van der Waals surface area contributed by atoms with Gasteiger partial charge in [-0.2, -0.15) is 0 Å². The van der Waals surface area contributed by atoms with Gasteiger partial charge in [-0.25, -0.2) is 14.4 Å². The van der Waals surface area contributed by atoms with Crippen molar-refractivity contribution in [3.8, 4) is 11.6 Å². The van der Waals surface area contributed by atoms with Gasteiger partial charge in [0.2, 0.25) is 5.88 Å². The Morgan fingerprint density at radius 3 is 2.89 bits per heavy atom. The van der Waals surface area contributed by atoms with Crippen molar-refractivity contribution in [3.05, 3.63) is 45.5 Å². The van der Waals surface area contributed by atoms with E-state index < -0.39 is 0 Å². The summed E-state index contributed by atoms with van der Waals surface area (Å²) in [5, 5.41) is 0.361. The van der Waals surface area contributed by atoms with E-state index in [0.29, 0.717) is 27.7 Å². The summed E-state index contributed by atoms with van der Waals surface area (Å²) in [6.45, 7) is 2.02. The number of aromatic nitrogens is 2. The van der Waals surface area contributed by atoms with Crippen molar-refractivity contribution >= 4 is 27.5 Å². The van der Waals surface area contributed by atoms with Crippen LogP contribution in [0.2, 0.25) is 5.15 Å². The third-order valence-corrected chi connectivity index (χ3v) is 3.43. The zero-order chi connectivity index (χ0) is 13.8. The molecule has 6 heteroatoms. The quantitative estimate of drug-likeness (QED) is 0.748. The van der Waals surface area contributed by atoms with E-state index in [9.17, 15) is 4.39 Å². The summed E-state index contributed by atoms with van der Waals surface area (Å²) in [4.78, 5) is 7.99. The SMILES string of the molecule is CCCc1c(Cl)ncnc1Oc1cc(F)ccc1Br. The highest BCUT2D eigenvalue weighted by molar-refractivity contribution is 9.10. The predicted molar refractivity (Wildman–Crippen MR) is 75.2 cm³/mol. The highest BCUT2D eigenvalue weighted by atomic mass is 79.9. The van der Waals surface area contributed by atoms with Crippen LogP contribution in [0.15, 0.2) is 29.0 Å². The van der Waals surface area contributed by atoms with Gasteiger partial charge in [-0.3, -0.25) is 0 Å². The monoisotopic (exact) mass is 344 g/mol. The van der Waals surface area contributed by atoms with Gasteiger partial charge in [0.15, 0.2) is 0 Å². The Labute approximate surface area is 123 Å². The average molecular weight is 346 g/mol. The number of ether oxygens (including phenoxy) is 1. The van der Waals surface area contributed by atoms with Crippen molar-refractivity contribution in [2.24, 2.45) is 0 Å². The number of rotatable bonds is 4. The molecule has 2 aromatic rings. The minimum Gasteiger partial charge on any atom is -0.437 e. The first-order chi connectivity index (χ1) is 9.11. The van der Waals surface area contributed by atoms with Crippen LogP contribution >= 0.6 is 27.5 Å². The summed E-state index contributed by atoms with van der Waals surface area (Å²) >= 11 is 9.33. The van der Waals surface area contributed by atoms with Gasteiger partial charge in [0.1, 0.15) is 23.0 Å². The first-order valence-electron chi connectivity index (χ1n) is 5.74. The molecule has 1 heterocycles. The molecule has 3 nitrogen and oxygen atoms in total. The van der Waals surface area contributed by atoms with Crippen molar-refractivity contribution in [2.75, 3.05) is 0 Å². The van der Waals surface area contributed by atoms with E-state index in [0.717, 1.165) is 12.0 Å². The van der Waals surface area contributed by atoms with Gasteiger partial charge < -0.3 is 4.74 Å². The minimum atomic E-state index is -0.379. The van der Waals surface area contributed by atoms with E-state index in [2.05, 4.69) is 25.9 Å². The number of benzene rings is 1. The normalized spacial score (nSPS) is 10.5. The summed E-state index contributed by atoms with van der Waals surface area (Å²) in [6.07, 6.45) is 2.90. The fraction of sp³-hybridized carbons (Fsp3) is 0.231. The van der Waals surface area contributed by atoms with E-state index in [1.165, 1.54) is 18.5 Å². The molecule has 0 aliphatic carbocycles. The van der Waals surface area contributed by atoms with Gasteiger partial charge in [-0.05, 0) is 34.5 Å². The maximum atomic E-state index is 13.2. The molecular weight excluding hydrogens is 335 g/mol. The van der Waals surface area contributed by atoms with Gasteiger partial charge in [0.25, 0.3) is 0 Å². The van der Waals surface area contributed by atoms with Crippen LogP contribution in [0.4, 0.5) is 4.39 Å². The second kappa shape index (κ2) is 6.30. The van der Waals surface area contributed by atoms with Gasteiger partial charge in [0, 0.05) is 6.07 Å². The van der Waals surface area contributed by atoms with Crippen molar-refractivity contribution < 1.29 is 9.13 Å². The molecule has 0 N–H and O–H groups in total. The Balaban J connectivity index is 2.37. The molecule has 1 aromatic carbocycles. The Morgan fingerprint density at radius 1 is 1.37 bits per heavy atom. The van der Waals surface area contributed by atoms with E-state index in [4.69, 9.17) is 16.3 Å². The molecule has 0 radical (unpaired) electrons. The van der Waals surface area contributed by atoms with E-state index >= 15 is 0 Å². The third kappa shape index (κ3) is 3.42. The van der Waals surface area contributed by atoms with Crippen molar-refractivity contribution in [2.45, 2.75) is 19.8 Å². The molecule has 0 bridgehead atoms. The molecule has 0 spiro atoms. The van der Waals surface area contributed by atoms with Crippen molar-refractivity contribution in [1.82, 2.24) is 9.97 Å². The van der Waals surface area contributed by atoms with Crippen LogP contribution in [-0.2, 0) is 6.42 Å². The topological polar surface area (TPSA) is 35.0 Å². The molecule has 0 aliphatic heterocycles. The predicted octanol–water partition coefficient (Wildman–Crippen LogP) is 4.78. The van der Waals surface area contributed by atoms with Crippen LogP contribution in [0.5, 0.6) is 11.6 Å². The number of halogens is 3. The Morgan fingerprint density at radius 2 is 2.16 bits per heavy atom. The van der Waals surface area contributed by atoms with Gasteiger partial charge in [-0.15, -0.1) is 0 Å². The smallest absolute Gasteiger partial charge is 0.227 e. The zero-order valence-corrected chi connectivity index (χ0v) is 12.5. The average Bonchev–Trinajstić information content (AvgIpc) is 2.38. The molecule has 0 saturated heterocycles. The highest BCUT2D eigenvalue weighted by Gasteiger charge is 2.13. The first-order valence-corrected chi connectivity index (χ1v) is 6.91. The molecular formula is C13H11BrClFN2O. The van der Waals surface area contributed by atoms with Crippen LogP contribution in [-0.4, -0.2) is 9.97 Å². The molecule has 0 saturated carbocycles. The van der Waals surface area contributed by atoms with E-state index in [1.807, 2.05) is 6.92 Å². The molecule has 0 fully saturated rings. The summed E-state index contributed by atoms with van der Waals surface area (Å²) < 4.78 is 19.5. The Bertz CT molecular complexity index is 595. The van der Waals surface area contributed by atoms with Crippen LogP contribution in [0.1, 0.15) is 18.9 Å². The molecule has 19 heavy (non-hydrogen) atoms. The van der Waals surface area contributed by atoms with Crippen LogP contribution < -0.4 is 4.74 Å². The summed E-state index contributed by atoms with van der Waals surface area (Å²) in [5.74, 6) is 0.329. The van der Waals surface area contributed by atoms with E-state index in [-0.39, 0.29) is 5.82 Å². The van der Waals surface area contributed by atoms with Crippen LogP contribution in [0.25, 0.3) is 0 Å². The maximum absolute atomic E-state index is 13.2. The summed E-state index contributed by atoms with van der Waals surface area (Å²) in [5.41, 5.74) is 0.725. The number of hydrogen-bond donors (Lipinski definition) is 0. The molecule has 1 aromatic heterocycles. The second-order valence-electron chi connectivity index (χ2n) is 3.87. The standard InChI is InChI=1S/C13H11BrClFN2O/c1-2-3-9-12(15)17-7-18-13(9)19-11-6-8(16)4-5-10(11)14/h4-7H,2-3H2,1H3. The molecule has 100 valence electrons. The maximum Gasteiger partial charge on any atom is 0.227 e. The first kappa shape index (κ1) is 14.2. The molecule has 0 aliphatic rings. The Kier molecular flexibility index (Phi) is 4.71. The molecule has 2 rings (SSSR count). The van der Waals surface area contributed by atoms with Crippen molar-refractivity contribution in [3.63, 3.8) is 0 Å². The Hall–Kier alpha value is -1.20. The minimum absolute atomic E-state index is 0.354. The lowest BCUT2D eigenvalue weighted by molar-refractivity contribution is 0.447. The zero-order valence-electron chi connectivity index (χ0n) is 10.2. The van der Waals surface area contributed by atoms with Crippen LogP contribution in [0.3, 0.4) is 0 Å². The van der Waals surface area contributed by atoms with E-state index in [1.54, 1.807) is 6.07 Å². The third-order valence-electron chi connectivity index (χ3n) is 2.45. The number of nitrogens with zero attached hydrogens (tertiary/aromatic N) is 2. The van der Waals surface area contributed by atoms with Crippen molar-refractivity contribution in [1.29, 1.82) is 0 Å². The van der Waals surface area contributed by atoms with Crippen LogP contribution in [0, 0.1) is 5.82 Å². The lowest BCUT2D eigenvalue weighted by atomic mass is 10.2. The van der Waals surface area contributed by atoms with Gasteiger partial charge in [0.05, 0.1) is 10.0 Å². The molecule has 0 amide bonds. The largest absolute Gasteiger partial charge is 0.437 e. The lowest BCUT2D eigenvalue weighted by Gasteiger charge is -2.11. The second-order valence-corrected chi connectivity index (χ2v) is 5.09. The molecule has 0 atom stereocenters. The fourth-order valence-electron chi connectivity index (χ4n) is 1.58. The van der Waals surface area contributed by atoms with Gasteiger partial charge in [-0.1, -0.05) is 24.9 Å². The summed E-state index contributed by atoms with van der Waals surface area (Å²) in [6, 6.07) is 4.21. The number of hydrogen-bond acceptors (Lipinski definition) is 3. The van der Waals surface area contributed by atoms with Gasteiger partial charge >= 0.3 is 0 Å². The molecule has 0 unspecified atom stereocenters. The fourth-order valence-corrected chi connectivity index (χ4v) is 2.13. The lowest BCUT2D eigenvalue weighted by Crippen LogP contribution is -1.98.